The normalized spacial score (nSPS) is 31.8. The van der Waals surface area contributed by atoms with Crippen LogP contribution in [0.2, 0.25) is 0 Å². The van der Waals surface area contributed by atoms with Crippen LogP contribution in [-0.2, 0) is 9.84 Å². The highest BCUT2D eigenvalue weighted by Crippen LogP contribution is 2.22. The largest absolute Gasteiger partial charge is 0.313 e. The summed E-state index contributed by atoms with van der Waals surface area (Å²) in [5.41, 5.74) is 0. The molecule has 0 radical (unpaired) electrons. The topological polar surface area (TPSA) is 49.4 Å². The minimum absolute atomic E-state index is 0.256. The van der Waals surface area contributed by atoms with Gasteiger partial charge in [-0.15, -0.1) is 0 Å². The molecule has 0 aromatic rings. The number of rotatable bonds is 4. The number of hydrogen-bond donors (Lipinski definition) is 1. The van der Waals surface area contributed by atoms with Crippen molar-refractivity contribution < 1.29 is 8.42 Å². The van der Waals surface area contributed by atoms with E-state index >= 15 is 0 Å². The van der Waals surface area contributed by atoms with Gasteiger partial charge in [-0.1, -0.05) is 6.92 Å². The van der Waals surface area contributed by atoms with E-state index in [1.165, 1.54) is 12.8 Å². The molecule has 2 aliphatic heterocycles. The lowest BCUT2D eigenvalue weighted by atomic mass is 10.2. The maximum atomic E-state index is 12.1. The zero-order valence-electron chi connectivity index (χ0n) is 10.4. The molecule has 0 aliphatic carbocycles. The molecule has 2 atom stereocenters. The van der Waals surface area contributed by atoms with Crippen LogP contribution in [0.4, 0.5) is 0 Å². The Kier molecular flexibility index (Phi) is 4.74. The second-order valence-electron chi connectivity index (χ2n) is 4.77. The number of nitrogens with zero attached hydrogens (tertiary/aromatic N) is 1. The van der Waals surface area contributed by atoms with Crippen molar-refractivity contribution >= 4 is 21.6 Å². The molecular weight excluding hydrogens is 256 g/mol. The van der Waals surface area contributed by atoms with Crippen molar-refractivity contribution in [2.45, 2.75) is 31.2 Å². The lowest BCUT2D eigenvalue weighted by Crippen LogP contribution is -2.51. The summed E-state index contributed by atoms with van der Waals surface area (Å²) in [4.78, 5) is 2.18. The Balaban J connectivity index is 2.01. The summed E-state index contributed by atoms with van der Waals surface area (Å²) in [6.07, 6.45) is 2.40. The molecule has 2 fully saturated rings. The molecule has 0 spiro atoms. The molecule has 17 heavy (non-hydrogen) atoms. The fourth-order valence-electron chi connectivity index (χ4n) is 2.54. The first-order chi connectivity index (χ1) is 8.13. The first kappa shape index (κ1) is 13.6. The number of sulfone groups is 1. The van der Waals surface area contributed by atoms with Gasteiger partial charge >= 0.3 is 0 Å². The SMILES string of the molecule is CCS(=O)(=O)C1CSCCN1C[C@H]1CCCN1. The first-order valence-corrected chi connectivity index (χ1v) is 9.27. The van der Waals surface area contributed by atoms with Crippen LogP contribution in [0.25, 0.3) is 0 Å². The minimum Gasteiger partial charge on any atom is -0.313 e. The Morgan fingerprint density at radius 3 is 2.94 bits per heavy atom. The molecule has 0 saturated carbocycles. The van der Waals surface area contributed by atoms with Crippen molar-refractivity contribution in [1.29, 1.82) is 0 Å². The van der Waals surface area contributed by atoms with Gasteiger partial charge in [0, 0.05) is 36.4 Å². The van der Waals surface area contributed by atoms with Gasteiger partial charge in [0.1, 0.15) is 5.37 Å². The highest BCUT2D eigenvalue weighted by molar-refractivity contribution is 8.01. The molecule has 0 aromatic carbocycles. The molecular formula is C11H22N2O2S2. The summed E-state index contributed by atoms with van der Waals surface area (Å²) in [5, 5.41) is 3.19. The van der Waals surface area contributed by atoms with E-state index in [0.29, 0.717) is 6.04 Å². The molecule has 2 aliphatic rings. The lowest BCUT2D eigenvalue weighted by Gasteiger charge is -2.36. The number of nitrogens with one attached hydrogen (secondary N) is 1. The van der Waals surface area contributed by atoms with Crippen molar-refractivity contribution in [3.63, 3.8) is 0 Å². The third-order valence-electron chi connectivity index (χ3n) is 3.62. The number of hydrogen-bond acceptors (Lipinski definition) is 5. The maximum absolute atomic E-state index is 12.1. The molecule has 2 saturated heterocycles. The molecule has 1 N–H and O–H groups in total. The molecule has 0 amide bonds. The standard InChI is InChI=1S/C11H22N2O2S2/c1-2-17(14,15)11-9-16-7-6-13(11)8-10-4-3-5-12-10/h10-12H,2-9H2,1H3/t10-,11?/m1/s1. The molecule has 4 nitrogen and oxygen atoms in total. The van der Waals surface area contributed by atoms with Crippen LogP contribution in [0.1, 0.15) is 19.8 Å². The van der Waals surface area contributed by atoms with Crippen LogP contribution in [-0.4, -0.2) is 61.6 Å². The van der Waals surface area contributed by atoms with Crippen molar-refractivity contribution in [3.05, 3.63) is 0 Å². The van der Waals surface area contributed by atoms with E-state index in [4.69, 9.17) is 0 Å². The smallest absolute Gasteiger partial charge is 0.166 e. The summed E-state index contributed by atoms with van der Waals surface area (Å²) in [6.45, 7) is 4.64. The lowest BCUT2D eigenvalue weighted by molar-refractivity contribution is 0.245. The molecule has 6 heteroatoms. The molecule has 2 rings (SSSR count). The van der Waals surface area contributed by atoms with Crippen LogP contribution in [0, 0.1) is 0 Å². The molecule has 2 heterocycles. The average Bonchev–Trinajstić information content (AvgIpc) is 2.82. The Morgan fingerprint density at radius 1 is 1.47 bits per heavy atom. The first-order valence-electron chi connectivity index (χ1n) is 6.40. The molecule has 0 aromatic heterocycles. The van der Waals surface area contributed by atoms with E-state index in [2.05, 4.69) is 10.2 Å². The van der Waals surface area contributed by atoms with Gasteiger partial charge in [0.05, 0.1) is 0 Å². The van der Waals surface area contributed by atoms with E-state index in [1.54, 1.807) is 18.7 Å². The zero-order chi connectivity index (χ0) is 12.3. The Labute approximate surface area is 108 Å². The van der Waals surface area contributed by atoms with E-state index in [1.807, 2.05) is 0 Å². The second kappa shape index (κ2) is 5.91. The van der Waals surface area contributed by atoms with Gasteiger partial charge in [-0.05, 0) is 19.4 Å². The van der Waals surface area contributed by atoms with Gasteiger partial charge in [0.15, 0.2) is 9.84 Å². The van der Waals surface area contributed by atoms with Crippen LogP contribution in [0.15, 0.2) is 0 Å². The minimum atomic E-state index is -2.93. The highest BCUT2D eigenvalue weighted by atomic mass is 32.2. The molecule has 100 valence electrons. The zero-order valence-corrected chi connectivity index (χ0v) is 12.0. The van der Waals surface area contributed by atoms with Gasteiger partial charge in [-0.3, -0.25) is 4.90 Å². The van der Waals surface area contributed by atoms with Crippen molar-refractivity contribution in [1.82, 2.24) is 10.2 Å². The fraction of sp³-hybridized carbons (Fsp3) is 1.00. The van der Waals surface area contributed by atoms with E-state index < -0.39 is 9.84 Å². The van der Waals surface area contributed by atoms with Crippen molar-refractivity contribution in [2.24, 2.45) is 0 Å². The second-order valence-corrected chi connectivity index (χ2v) is 8.37. The average molecular weight is 278 g/mol. The Bertz CT molecular complexity index is 339. The van der Waals surface area contributed by atoms with Crippen LogP contribution >= 0.6 is 11.8 Å². The van der Waals surface area contributed by atoms with Crippen molar-refractivity contribution in [2.75, 3.05) is 36.9 Å². The van der Waals surface area contributed by atoms with E-state index in [-0.39, 0.29) is 11.1 Å². The maximum Gasteiger partial charge on any atom is 0.166 e. The van der Waals surface area contributed by atoms with Gasteiger partial charge in [0.2, 0.25) is 0 Å². The molecule has 0 bridgehead atoms. The third-order valence-corrected chi connectivity index (χ3v) is 6.96. The van der Waals surface area contributed by atoms with Gasteiger partial charge < -0.3 is 5.32 Å². The number of thioether (sulfide) groups is 1. The van der Waals surface area contributed by atoms with Gasteiger partial charge in [-0.2, -0.15) is 11.8 Å². The predicted octanol–water partition coefficient (Wildman–Crippen LogP) is 0.548. The summed E-state index contributed by atoms with van der Waals surface area (Å²) in [6, 6.07) is 0.493. The Hall–Kier alpha value is 0.220. The van der Waals surface area contributed by atoms with Gasteiger partial charge in [0.25, 0.3) is 0 Å². The summed E-state index contributed by atoms with van der Waals surface area (Å²) in [7, 11) is -2.93. The predicted molar refractivity (Wildman–Crippen MR) is 73.2 cm³/mol. The fourth-order valence-corrected chi connectivity index (χ4v) is 5.63. The summed E-state index contributed by atoms with van der Waals surface area (Å²) in [5.74, 6) is 2.05. The van der Waals surface area contributed by atoms with E-state index in [0.717, 1.165) is 31.1 Å². The van der Waals surface area contributed by atoms with Crippen LogP contribution in [0.5, 0.6) is 0 Å². The highest BCUT2D eigenvalue weighted by Gasteiger charge is 2.34. The van der Waals surface area contributed by atoms with Crippen molar-refractivity contribution in [3.8, 4) is 0 Å². The third kappa shape index (κ3) is 3.36. The van der Waals surface area contributed by atoms with Gasteiger partial charge in [-0.25, -0.2) is 8.42 Å². The van der Waals surface area contributed by atoms with Crippen LogP contribution < -0.4 is 5.32 Å². The quantitative estimate of drug-likeness (QED) is 0.814. The monoisotopic (exact) mass is 278 g/mol. The summed E-state index contributed by atoms with van der Waals surface area (Å²) < 4.78 is 24.1. The van der Waals surface area contributed by atoms with E-state index in [9.17, 15) is 8.42 Å². The summed E-state index contributed by atoms with van der Waals surface area (Å²) >= 11 is 1.77. The Morgan fingerprint density at radius 2 is 2.29 bits per heavy atom. The van der Waals surface area contributed by atoms with Crippen LogP contribution in [0.3, 0.4) is 0 Å². The molecule has 1 unspecified atom stereocenters.